The number of hydrogen-bond acceptors (Lipinski definition) is 2. The third-order valence-electron chi connectivity index (χ3n) is 2.35. The van der Waals surface area contributed by atoms with Gasteiger partial charge in [-0.25, -0.2) is 0 Å². The van der Waals surface area contributed by atoms with Crippen molar-refractivity contribution in [1.82, 2.24) is 0 Å². The van der Waals surface area contributed by atoms with Crippen LogP contribution in [0, 0.1) is 0 Å². The van der Waals surface area contributed by atoms with E-state index in [0.29, 0.717) is 5.56 Å². The Hall–Kier alpha value is -1.57. The Morgan fingerprint density at radius 1 is 1.20 bits per heavy atom. The Labute approximate surface area is 90.3 Å². The molecule has 1 aromatic carbocycles. The maximum atomic E-state index is 10.6. The normalized spacial score (nSPS) is 11.1. The summed E-state index contributed by atoms with van der Waals surface area (Å²) in [6.07, 6.45) is 0. The van der Waals surface area contributed by atoms with Crippen molar-refractivity contribution >= 4 is 11.5 Å². The van der Waals surface area contributed by atoms with Crippen LogP contribution in [0.4, 0.5) is 0 Å². The van der Waals surface area contributed by atoms with Crippen LogP contribution < -0.4 is 5.11 Å². The highest BCUT2D eigenvalue weighted by atomic mass is 16.4. The minimum atomic E-state index is -1.22. The van der Waals surface area contributed by atoms with Gasteiger partial charge in [-0.15, -0.1) is 0 Å². The fraction of sp³-hybridized carbons (Fsp3) is 0.308. The van der Waals surface area contributed by atoms with E-state index in [1.165, 1.54) is 0 Å². The summed E-state index contributed by atoms with van der Waals surface area (Å²) in [5.41, 5.74) is 1.86. The van der Waals surface area contributed by atoms with Crippen LogP contribution in [0.25, 0.3) is 5.57 Å². The van der Waals surface area contributed by atoms with Gasteiger partial charge in [0.05, 0.1) is 5.97 Å². The summed E-state index contributed by atoms with van der Waals surface area (Å²) in [6, 6.07) is 7.37. The molecule has 15 heavy (non-hydrogen) atoms. The Kier molecular flexibility index (Phi) is 2.98. The second kappa shape index (κ2) is 3.89. The number of hydrogen-bond donors (Lipinski definition) is 0. The number of aliphatic carboxylic acids is 1. The first kappa shape index (κ1) is 11.5. The molecule has 0 heterocycles. The number of carbonyl (C=O) groups excluding carboxylic acids is 1. The molecule has 0 radical (unpaired) electrons. The maximum absolute atomic E-state index is 10.6. The zero-order valence-corrected chi connectivity index (χ0v) is 9.33. The Morgan fingerprint density at radius 3 is 2.00 bits per heavy atom. The average molecular weight is 203 g/mol. The van der Waals surface area contributed by atoms with Crippen molar-refractivity contribution in [3.05, 3.63) is 42.0 Å². The lowest BCUT2D eigenvalue weighted by molar-refractivity contribution is -0.295. The molecule has 2 nitrogen and oxygen atoms in total. The number of carboxylic acids is 1. The molecular formula is C13H15O2-. The second-order valence-corrected chi connectivity index (χ2v) is 4.59. The fourth-order valence-corrected chi connectivity index (χ4v) is 1.29. The SMILES string of the molecule is C=C(C(=O)[O-])c1ccc(C(C)(C)C)cc1. The molecule has 0 aliphatic heterocycles. The van der Waals surface area contributed by atoms with Gasteiger partial charge in [0.25, 0.3) is 0 Å². The topological polar surface area (TPSA) is 40.1 Å². The van der Waals surface area contributed by atoms with Crippen molar-refractivity contribution in [2.45, 2.75) is 26.2 Å². The standard InChI is InChI=1S/C13H16O2/c1-9(12(14)15)10-5-7-11(8-6-10)13(2,3)4/h5-8H,1H2,2-4H3,(H,14,15)/p-1. The molecule has 1 rings (SSSR count). The predicted octanol–water partition coefficient (Wildman–Crippen LogP) is 1.75. The van der Waals surface area contributed by atoms with E-state index in [1.54, 1.807) is 12.1 Å². The molecule has 80 valence electrons. The zero-order chi connectivity index (χ0) is 11.6. The Bertz CT molecular complexity index is 380. The highest BCUT2D eigenvalue weighted by Crippen LogP contribution is 2.23. The number of rotatable bonds is 2. The first-order chi connectivity index (χ1) is 6.82. The van der Waals surface area contributed by atoms with Crippen LogP contribution in [-0.2, 0) is 10.2 Å². The van der Waals surface area contributed by atoms with Crippen molar-refractivity contribution in [2.24, 2.45) is 0 Å². The minimum absolute atomic E-state index is 0.0236. The van der Waals surface area contributed by atoms with E-state index < -0.39 is 5.97 Å². The van der Waals surface area contributed by atoms with Crippen LogP contribution in [0.1, 0.15) is 31.9 Å². The molecule has 0 saturated carbocycles. The zero-order valence-electron chi connectivity index (χ0n) is 9.33. The van der Waals surface area contributed by atoms with Gasteiger partial charge in [0, 0.05) is 0 Å². The summed E-state index contributed by atoms with van der Waals surface area (Å²) < 4.78 is 0. The van der Waals surface area contributed by atoms with Gasteiger partial charge >= 0.3 is 0 Å². The molecule has 0 N–H and O–H groups in total. The molecule has 0 unspecified atom stereocenters. The highest BCUT2D eigenvalue weighted by Gasteiger charge is 2.13. The Morgan fingerprint density at radius 2 is 1.67 bits per heavy atom. The molecule has 1 aromatic rings. The van der Waals surface area contributed by atoms with E-state index >= 15 is 0 Å². The van der Waals surface area contributed by atoms with Crippen molar-refractivity contribution < 1.29 is 9.90 Å². The van der Waals surface area contributed by atoms with E-state index in [9.17, 15) is 9.90 Å². The summed E-state index contributed by atoms with van der Waals surface area (Å²) in [6.45, 7) is 9.77. The van der Waals surface area contributed by atoms with Crippen LogP contribution >= 0.6 is 0 Å². The monoisotopic (exact) mass is 203 g/mol. The van der Waals surface area contributed by atoms with Crippen LogP contribution in [0.5, 0.6) is 0 Å². The first-order valence-electron chi connectivity index (χ1n) is 4.83. The molecule has 0 aliphatic carbocycles. The summed E-state index contributed by atoms with van der Waals surface area (Å²) in [4.78, 5) is 10.6. The van der Waals surface area contributed by atoms with Gasteiger partial charge in [-0.3, -0.25) is 0 Å². The molecular weight excluding hydrogens is 188 g/mol. The van der Waals surface area contributed by atoms with Crippen molar-refractivity contribution in [1.29, 1.82) is 0 Å². The van der Waals surface area contributed by atoms with E-state index in [0.717, 1.165) is 5.56 Å². The number of benzene rings is 1. The highest BCUT2D eigenvalue weighted by molar-refractivity contribution is 6.13. The summed E-state index contributed by atoms with van der Waals surface area (Å²) >= 11 is 0. The summed E-state index contributed by atoms with van der Waals surface area (Å²) in [5.74, 6) is -1.22. The molecule has 0 fully saturated rings. The van der Waals surface area contributed by atoms with Crippen LogP contribution in [0.15, 0.2) is 30.8 Å². The van der Waals surface area contributed by atoms with Crippen LogP contribution in [0.3, 0.4) is 0 Å². The van der Waals surface area contributed by atoms with E-state index in [4.69, 9.17) is 0 Å². The lowest BCUT2D eigenvalue weighted by atomic mass is 9.86. The van der Waals surface area contributed by atoms with E-state index in [-0.39, 0.29) is 11.0 Å². The van der Waals surface area contributed by atoms with Crippen LogP contribution in [0.2, 0.25) is 0 Å². The molecule has 0 spiro atoms. The lowest BCUT2D eigenvalue weighted by Gasteiger charge is -2.19. The first-order valence-corrected chi connectivity index (χ1v) is 4.83. The quantitative estimate of drug-likeness (QED) is 0.687. The lowest BCUT2D eigenvalue weighted by Crippen LogP contribution is -2.23. The minimum Gasteiger partial charge on any atom is -0.545 e. The van der Waals surface area contributed by atoms with E-state index in [1.807, 2.05) is 12.1 Å². The second-order valence-electron chi connectivity index (χ2n) is 4.59. The average Bonchev–Trinajstić information content (AvgIpc) is 2.15. The number of carbonyl (C=O) groups is 1. The van der Waals surface area contributed by atoms with Gasteiger partial charge in [0.1, 0.15) is 0 Å². The summed E-state index contributed by atoms with van der Waals surface area (Å²) in [5, 5.41) is 10.6. The van der Waals surface area contributed by atoms with Gasteiger partial charge in [-0.1, -0.05) is 51.6 Å². The fourth-order valence-electron chi connectivity index (χ4n) is 1.29. The van der Waals surface area contributed by atoms with Crippen molar-refractivity contribution in [2.75, 3.05) is 0 Å². The van der Waals surface area contributed by atoms with Crippen molar-refractivity contribution in [3.63, 3.8) is 0 Å². The molecule has 0 aromatic heterocycles. The predicted molar refractivity (Wildman–Crippen MR) is 59.2 cm³/mol. The van der Waals surface area contributed by atoms with E-state index in [2.05, 4.69) is 27.4 Å². The molecule has 0 aliphatic rings. The van der Waals surface area contributed by atoms with Gasteiger partial charge in [-0.05, 0) is 22.1 Å². The molecule has 2 heteroatoms. The third-order valence-corrected chi connectivity index (χ3v) is 2.35. The van der Waals surface area contributed by atoms with Crippen molar-refractivity contribution in [3.8, 4) is 0 Å². The maximum Gasteiger partial charge on any atom is 0.0715 e. The van der Waals surface area contributed by atoms with Gasteiger partial charge in [0.2, 0.25) is 0 Å². The smallest absolute Gasteiger partial charge is 0.0715 e. The Balaban J connectivity index is 3.01. The molecule has 0 bridgehead atoms. The molecule has 0 saturated heterocycles. The molecule has 0 atom stereocenters. The van der Waals surface area contributed by atoms with Gasteiger partial charge in [0.15, 0.2) is 0 Å². The largest absolute Gasteiger partial charge is 0.545 e. The molecule has 0 amide bonds. The van der Waals surface area contributed by atoms with Gasteiger partial charge < -0.3 is 9.90 Å². The van der Waals surface area contributed by atoms with Gasteiger partial charge in [-0.2, -0.15) is 0 Å². The van der Waals surface area contributed by atoms with Crippen LogP contribution in [-0.4, -0.2) is 5.97 Å². The summed E-state index contributed by atoms with van der Waals surface area (Å²) in [7, 11) is 0. The number of carboxylic acid groups (broad SMARTS) is 1. The third kappa shape index (κ3) is 2.69.